The summed E-state index contributed by atoms with van der Waals surface area (Å²) in [5, 5.41) is 12.7. The monoisotopic (exact) mass is 435 g/mol. The highest BCUT2D eigenvalue weighted by atomic mass is 32.2. The average Bonchev–Trinajstić information content (AvgIpc) is 3.14. The fourth-order valence-corrected chi connectivity index (χ4v) is 5.24. The van der Waals surface area contributed by atoms with Crippen molar-refractivity contribution in [2.24, 2.45) is 0 Å². The Morgan fingerprint density at radius 2 is 2.10 bits per heavy atom. The molecule has 0 saturated heterocycles. The van der Waals surface area contributed by atoms with Gasteiger partial charge in [0, 0.05) is 22.7 Å². The Balaban J connectivity index is 1.31. The predicted molar refractivity (Wildman–Crippen MR) is 117 cm³/mol. The van der Waals surface area contributed by atoms with Crippen LogP contribution in [0.25, 0.3) is 22.1 Å². The molecular formula is C21H17N5O2S2. The first-order valence-corrected chi connectivity index (χ1v) is 11.6. The number of aromatic nitrogens is 5. The van der Waals surface area contributed by atoms with Crippen LogP contribution in [0.4, 0.5) is 0 Å². The second-order valence-corrected chi connectivity index (χ2v) is 9.31. The summed E-state index contributed by atoms with van der Waals surface area (Å²) in [5.74, 6) is 2.11. The first kappa shape index (κ1) is 17.9. The topological polar surface area (TPSA) is 89.6 Å². The van der Waals surface area contributed by atoms with Crippen LogP contribution in [0, 0.1) is 0 Å². The summed E-state index contributed by atoms with van der Waals surface area (Å²) in [6.07, 6.45) is 3.11. The van der Waals surface area contributed by atoms with Crippen LogP contribution in [0.2, 0.25) is 0 Å². The Morgan fingerprint density at radius 1 is 1.20 bits per heavy atom. The number of aromatic amines is 1. The molecule has 30 heavy (non-hydrogen) atoms. The third kappa shape index (κ3) is 3.14. The van der Waals surface area contributed by atoms with Gasteiger partial charge in [0.2, 0.25) is 5.58 Å². The number of H-pyrrole nitrogens is 1. The van der Waals surface area contributed by atoms with E-state index in [1.807, 2.05) is 24.3 Å². The van der Waals surface area contributed by atoms with Crippen molar-refractivity contribution in [3.05, 3.63) is 68.7 Å². The molecule has 6 rings (SSSR count). The Labute approximate surface area is 179 Å². The second-order valence-electron chi connectivity index (χ2n) is 7.33. The van der Waals surface area contributed by atoms with Crippen molar-refractivity contribution in [1.29, 1.82) is 0 Å². The smallest absolute Gasteiger partial charge is 0.294 e. The summed E-state index contributed by atoms with van der Waals surface area (Å²) < 4.78 is 7.93. The molecule has 0 aliphatic heterocycles. The van der Waals surface area contributed by atoms with Crippen LogP contribution in [0.1, 0.15) is 35.4 Å². The van der Waals surface area contributed by atoms with Gasteiger partial charge in [-0.05, 0) is 36.4 Å². The number of hydrogen-bond donors (Lipinski definition) is 1. The van der Waals surface area contributed by atoms with E-state index in [1.165, 1.54) is 4.88 Å². The van der Waals surface area contributed by atoms with Crippen molar-refractivity contribution < 1.29 is 4.42 Å². The zero-order valence-electron chi connectivity index (χ0n) is 15.9. The molecule has 1 fully saturated rings. The van der Waals surface area contributed by atoms with Gasteiger partial charge in [-0.25, -0.2) is 4.98 Å². The van der Waals surface area contributed by atoms with Crippen LogP contribution in [-0.2, 0) is 12.2 Å². The highest BCUT2D eigenvalue weighted by Crippen LogP contribution is 2.39. The molecule has 7 nitrogen and oxygen atoms in total. The van der Waals surface area contributed by atoms with E-state index >= 15 is 0 Å². The van der Waals surface area contributed by atoms with E-state index in [0.29, 0.717) is 28.7 Å². The van der Waals surface area contributed by atoms with Gasteiger partial charge in [0.05, 0.1) is 5.75 Å². The maximum absolute atomic E-state index is 12.5. The van der Waals surface area contributed by atoms with Crippen LogP contribution in [0.15, 0.2) is 56.1 Å². The molecule has 1 aliphatic carbocycles. The van der Waals surface area contributed by atoms with E-state index < -0.39 is 0 Å². The summed E-state index contributed by atoms with van der Waals surface area (Å²) in [6.45, 7) is 0. The minimum Gasteiger partial charge on any atom is -0.449 e. The molecule has 1 aliphatic rings. The molecule has 4 aromatic heterocycles. The number of thiophene rings is 1. The molecule has 0 spiro atoms. The lowest BCUT2D eigenvalue weighted by atomic mass is 10.2. The number of benzene rings is 1. The molecular weight excluding hydrogens is 418 g/mol. The zero-order valence-corrected chi connectivity index (χ0v) is 17.5. The zero-order chi connectivity index (χ0) is 20.1. The molecule has 0 atom stereocenters. The quantitative estimate of drug-likeness (QED) is 0.394. The van der Waals surface area contributed by atoms with Crippen molar-refractivity contribution in [1.82, 2.24) is 24.7 Å². The number of nitrogens with one attached hydrogen (secondary N) is 1. The lowest BCUT2D eigenvalue weighted by Gasteiger charge is -2.08. The molecule has 0 bridgehead atoms. The predicted octanol–water partition coefficient (Wildman–Crippen LogP) is 4.54. The number of furan rings is 1. The fraction of sp³-hybridized carbons (Fsp3) is 0.238. The fourth-order valence-electron chi connectivity index (χ4n) is 3.64. The Morgan fingerprint density at radius 3 is 2.93 bits per heavy atom. The lowest BCUT2D eigenvalue weighted by Crippen LogP contribution is -2.10. The van der Waals surface area contributed by atoms with Crippen LogP contribution in [0.3, 0.4) is 0 Å². The maximum Gasteiger partial charge on any atom is 0.294 e. The molecule has 5 aromatic rings. The van der Waals surface area contributed by atoms with Crippen molar-refractivity contribution in [2.75, 3.05) is 0 Å². The maximum atomic E-state index is 12.5. The number of para-hydroxylation sites is 1. The third-order valence-corrected chi connectivity index (χ3v) is 7.01. The van der Waals surface area contributed by atoms with Gasteiger partial charge in [-0.1, -0.05) is 30.0 Å². The minimum absolute atomic E-state index is 0.256. The Hall–Kier alpha value is -2.91. The lowest BCUT2D eigenvalue weighted by molar-refractivity contribution is 0.634. The highest BCUT2D eigenvalue weighted by Gasteiger charge is 2.29. The first-order chi connectivity index (χ1) is 14.8. The molecule has 1 N–H and O–H groups in total. The van der Waals surface area contributed by atoms with Gasteiger partial charge in [-0.2, -0.15) is 0 Å². The van der Waals surface area contributed by atoms with Gasteiger partial charge in [0.15, 0.2) is 5.16 Å². The van der Waals surface area contributed by atoms with Crippen molar-refractivity contribution in [2.45, 2.75) is 36.2 Å². The minimum atomic E-state index is -0.256. The van der Waals surface area contributed by atoms with Crippen molar-refractivity contribution >= 4 is 45.2 Å². The average molecular weight is 436 g/mol. The van der Waals surface area contributed by atoms with Gasteiger partial charge in [-0.3, -0.25) is 4.79 Å². The Kier molecular flexibility index (Phi) is 4.24. The molecule has 150 valence electrons. The summed E-state index contributed by atoms with van der Waals surface area (Å²) in [6, 6.07) is 12.2. The summed E-state index contributed by atoms with van der Waals surface area (Å²) in [7, 11) is 0. The van der Waals surface area contributed by atoms with Crippen molar-refractivity contribution in [3.8, 4) is 0 Å². The number of thioether (sulfide) groups is 1. The standard InChI is InChI=1S/C21H17N5O2S2/c27-20-19-18(14-5-1-2-6-15(14)28-19)22-16(23-20)11-30-21-25-24-17(26(21)12-7-8-12)10-13-4-3-9-29-13/h1-6,9,12H,7-8,10-11H2,(H,22,23,27). The molecule has 1 saturated carbocycles. The van der Waals surface area contributed by atoms with Crippen molar-refractivity contribution in [3.63, 3.8) is 0 Å². The van der Waals surface area contributed by atoms with Crippen LogP contribution < -0.4 is 5.56 Å². The van der Waals surface area contributed by atoms with Gasteiger partial charge in [0.1, 0.15) is 22.7 Å². The SMILES string of the molecule is O=c1[nH]c(CSc2nnc(Cc3cccs3)n2C2CC2)nc2c1oc1ccccc12. The van der Waals surface area contributed by atoms with E-state index in [2.05, 4.69) is 42.2 Å². The molecule has 0 radical (unpaired) electrons. The second kappa shape index (κ2) is 7.10. The van der Waals surface area contributed by atoms with Gasteiger partial charge >= 0.3 is 0 Å². The van der Waals surface area contributed by atoms with Crippen LogP contribution in [-0.4, -0.2) is 24.7 Å². The van der Waals surface area contributed by atoms with Crippen LogP contribution in [0.5, 0.6) is 0 Å². The number of fused-ring (bicyclic) bond motifs is 3. The number of rotatable bonds is 6. The number of nitrogens with zero attached hydrogens (tertiary/aromatic N) is 4. The number of hydrogen-bond acceptors (Lipinski definition) is 7. The van der Waals surface area contributed by atoms with E-state index in [-0.39, 0.29) is 11.1 Å². The highest BCUT2D eigenvalue weighted by molar-refractivity contribution is 7.98. The summed E-state index contributed by atoms with van der Waals surface area (Å²) >= 11 is 3.29. The van der Waals surface area contributed by atoms with E-state index in [4.69, 9.17) is 4.42 Å². The molecule has 9 heteroatoms. The molecule has 1 aromatic carbocycles. The van der Waals surface area contributed by atoms with E-state index in [0.717, 1.165) is 35.6 Å². The normalized spacial score (nSPS) is 14.1. The van der Waals surface area contributed by atoms with Gasteiger partial charge in [0.25, 0.3) is 5.56 Å². The third-order valence-electron chi connectivity index (χ3n) is 5.18. The summed E-state index contributed by atoms with van der Waals surface area (Å²) in [4.78, 5) is 21.3. The summed E-state index contributed by atoms with van der Waals surface area (Å²) in [5.41, 5.74) is 1.28. The molecule has 4 heterocycles. The van der Waals surface area contributed by atoms with Crippen LogP contribution >= 0.6 is 23.1 Å². The Bertz CT molecular complexity index is 1410. The molecule has 0 unspecified atom stereocenters. The first-order valence-electron chi connectivity index (χ1n) is 9.75. The van der Waals surface area contributed by atoms with E-state index in [9.17, 15) is 4.79 Å². The van der Waals surface area contributed by atoms with Gasteiger partial charge in [-0.15, -0.1) is 21.5 Å². The van der Waals surface area contributed by atoms with Gasteiger partial charge < -0.3 is 14.0 Å². The largest absolute Gasteiger partial charge is 0.449 e. The molecule has 0 amide bonds. The van der Waals surface area contributed by atoms with E-state index in [1.54, 1.807) is 23.1 Å².